The van der Waals surface area contributed by atoms with Gasteiger partial charge in [0.25, 0.3) is 0 Å². The summed E-state index contributed by atoms with van der Waals surface area (Å²) >= 11 is 0. The van der Waals surface area contributed by atoms with Crippen LogP contribution >= 0.6 is 0 Å². The van der Waals surface area contributed by atoms with Gasteiger partial charge in [0.2, 0.25) is 5.91 Å². The van der Waals surface area contributed by atoms with E-state index in [1.165, 1.54) is 19.1 Å². The van der Waals surface area contributed by atoms with Crippen molar-refractivity contribution in [3.05, 3.63) is 47.3 Å². The van der Waals surface area contributed by atoms with E-state index < -0.39 is 5.97 Å². The van der Waals surface area contributed by atoms with E-state index in [-0.39, 0.29) is 11.5 Å². The average Bonchev–Trinajstić information content (AvgIpc) is 2.84. The lowest BCUT2D eigenvalue weighted by Crippen LogP contribution is -2.27. The van der Waals surface area contributed by atoms with Crippen molar-refractivity contribution in [1.82, 2.24) is 19.9 Å². The first-order valence-corrected chi connectivity index (χ1v) is 6.38. The van der Waals surface area contributed by atoms with E-state index in [0.29, 0.717) is 18.8 Å². The molecule has 1 heterocycles. The quantitative estimate of drug-likeness (QED) is 0.888. The molecule has 0 aliphatic rings. The minimum absolute atomic E-state index is 0.0806. The number of hydrogen-bond donors (Lipinski definition) is 1. The zero-order valence-electron chi connectivity index (χ0n) is 11.9. The summed E-state index contributed by atoms with van der Waals surface area (Å²) in [5.74, 6) is -1.05. The van der Waals surface area contributed by atoms with Crippen molar-refractivity contribution in [3.63, 3.8) is 0 Å². The van der Waals surface area contributed by atoms with E-state index >= 15 is 0 Å². The smallest absolute Gasteiger partial charge is 0.335 e. The largest absolute Gasteiger partial charge is 0.478 e. The second-order valence-corrected chi connectivity index (χ2v) is 4.76. The average molecular weight is 288 g/mol. The summed E-state index contributed by atoms with van der Waals surface area (Å²) < 4.78 is 1.58. The van der Waals surface area contributed by atoms with Crippen LogP contribution in [0, 0.1) is 0 Å². The third kappa shape index (κ3) is 3.88. The number of aromatic carboxylic acids is 1. The van der Waals surface area contributed by atoms with Crippen molar-refractivity contribution in [2.75, 3.05) is 0 Å². The van der Waals surface area contributed by atoms with Gasteiger partial charge in [0.05, 0.1) is 12.1 Å². The van der Waals surface area contributed by atoms with Crippen molar-refractivity contribution < 1.29 is 14.7 Å². The minimum Gasteiger partial charge on any atom is -0.478 e. The van der Waals surface area contributed by atoms with Crippen LogP contribution in [0.25, 0.3) is 0 Å². The molecule has 0 fully saturated rings. The Morgan fingerprint density at radius 2 is 1.90 bits per heavy atom. The molecule has 2 aromatic rings. The van der Waals surface area contributed by atoms with Gasteiger partial charge in [0.15, 0.2) is 0 Å². The summed E-state index contributed by atoms with van der Waals surface area (Å²) in [5.41, 5.74) is 1.79. The van der Waals surface area contributed by atoms with Crippen LogP contribution in [0.15, 0.2) is 30.5 Å². The first-order chi connectivity index (χ1) is 9.95. The molecule has 110 valence electrons. The Balaban J connectivity index is 2.09. The van der Waals surface area contributed by atoms with Crippen molar-refractivity contribution >= 4 is 11.9 Å². The van der Waals surface area contributed by atoms with Gasteiger partial charge in [-0.15, -0.1) is 5.10 Å². The Labute approximate surface area is 121 Å². The third-order valence-corrected chi connectivity index (χ3v) is 3.02. The minimum atomic E-state index is -0.968. The van der Waals surface area contributed by atoms with Crippen molar-refractivity contribution in [3.8, 4) is 0 Å². The van der Waals surface area contributed by atoms with Gasteiger partial charge in [-0.05, 0) is 17.7 Å². The molecule has 0 aliphatic heterocycles. The Bertz CT molecular complexity index is 648. The zero-order valence-corrected chi connectivity index (χ0v) is 11.9. The SMILES string of the molecule is CC(=O)N(Cc1ccc(C(=O)O)cc1)Cc1cn(C)nn1. The maximum atomic E-state index is 11.7. The number of carbonyl (C=O) groups is 2. The molecular formula is C14H16N4O3. The molecule has 0 bridgehead atoms. The molecule has 1 aromatic carbocycles. The molecule has 7 heteroatoms. The fraction of sp³-hybridized carbons (Fsp3) is 0.286. The summed E-state index contributed by atoms with van der Waals surface area (Å²) in [4.78, 5) is 24.1. The molecule has 0 atom stereocenters. The molecule has 0 saturated heterocycles. The highest BCUT2D eigenvalue weighted by Gasteiger charge is 2.12. The lowest BCUT2D eigenvalue weighted by atomic mass is 10.1. The number of carbonyl (C=O) groups excluding carboxylic acids is 1. The van der Waals surface area contributed by atoms with Gasteiger partial charge in [-0.2, -0.15) is 0 Å². The monoisotopic (exact) mass is 288 g/mol. The number of hydrogen-bond acceptors (Lipinski definition) is 4. The number of aryl methyl sites for hydroxylation is 1. The molecule has 1 aromatic heterocycles. The second kappa shape index (κ2) is 6.17. The highest BCUT2D eigenvalue weighted by molar-refractivity contribution is 5.87. The Morgan fingerprint density at radius 1 is 1.24 bits per heavy atom. The number of benzene rings is 1. The summed E-state index contributed by atoms with van der Waals surface area (Å²) in [7, 11) is 1.76. The van der Waals surface area contributed by atoms with Crippen LogP contribution < -0.4 is 0 Å². The maximum absolute atomic E-state index is 11.7. The van der Waals surface area contributed by atoms with Gasteiger partial charge >= 0.3 is 5.97 Å². The number of rotatable bonds is 5. The molecule has 21 heavy (non-hydrogen) atoms. The van der Waals surface area contributed by atoms with Crippen molar-refractivity contribution in [1.29, 1.82) is 0 Å². The van der Waals surface area contributed by atoms with Crippen LogP contribution in [0.5, 0.6) is 0 Å². The molecule has 0 aliphatic carbocycles. The summed E-state index contributed by atoms with van der Waals surface area (Å²) in [6, 6.07) is 6.46. The van der Waals surface area contributed by atoms with E-state index in [2.05, 4.69) is 10.3 Å². The highest BCUT2D eigenvalue weighted by atomic mass is 16.4. The Kier molecular flexibility index (Phi) is 4.32. The topological polar surface area (TPSA) is 88.3 Å². The predicted molar refractivity (Wildman–Crippen MR) is 74.3 cm³/mol. The number of nitrogens with zero attached hydrogens (tertiary/aromatic N) is 4. The van der Waals surface area contributed by atoms with E-state index in [0.717, 1.165) is 5.56 Å². The van der Waals surface area contributed by atoms with E-state index in [1.54, 1.807) is 35.0 Å². The lowest BCUT2D eigenvalue weighted by Gasteiger charge is -2.19. The molecule has 0 radical (unpaired) electrons. The van der Waals surface area contributed by atoms with Crippen molar-refractivity contribution in [2.24, 2.45) is 7.05 Å². The molecule has 0 saturated carbocycles. The van der Waals surface area contributed by atoms with Crippen LogP contribution in [-0.2, 0) is 24.9 Å². The number of carboxylic acid groups (broad SMARTS) is 1. The summed E-state index contributed by atoms with van der Waals surface area (Å²) in [6.07, 6.45) is 1.75. The normalized spacial score (nSPS) is 10.4. The molecule has 1 N–H and O–H groups in total. The first kappa shape index (κ1) is 14.7. The van der Waals surface area contributed by atoms with Crippen molar-refractivity contribution in [2.45, 2.75) is 20.0 Å². The fourth-order valence-corrected chi connectivity index (χ4v) is 1.91. The molecule has 0 spiro atoms. The lowest BCUT2D eigenvalue weighted by molar-refractivity contribution is -0.130. The Hall–Kier alpha value is -2.70. The molecule has 7 nitrogen and oxygen atoms in total. The number of carboxylic acids is 1. The van der Waals surface area contributed by atoms with Gasteiger partial charge in [-0.3, -0.25) is 9.48 Å². The molecule has 0 unspecified atom stereocenters. The summed E-state index contributed by atoms with van der Waals surface area (Å²) in [6.45, 7) is 2.25. The van der Waals surface area contributed by atoms with Crippen LogP contribution in [0.2, 0.25) is 0 Å². The van der Waals surface area contributed by atoms with E-state index in [1.807, 2.05) is 0 Å². The highest BCUT2D eigenvalue weighted by Crippen LogP contribution is 2.10. The van der Waals surface area contributed by atoms with E-state index in [4.69, 9.17) is 5.11 Å². The molecule has 1 amide bonds. The van der Waals surface area contributed by atoms with Gasteiger partial charge in [-0.1, -0.05) is 17.3 Å². The van der Waals surface area contributed by atoms with Gasteiger partial charge in [-0.25, -0.2) is 4.79 Å². The van der Waals surface area contributed by atoms with Crippen LogP contribution in [0.4, 0.5) is 0 Å². The standard InChI is InChI=1S/C14H16N4O3/c1-10(19)18(9-13-8-17(2)16-15-13)7-11-3-5-12(6-4-11)14(20)21/h3-6,8H,7,9H2,1-2H3,(H,20,21). The summed E-state index contributed by atoms with van der Waals surface area (Å²) in [5, 5.41) is 16.6. The predicted octanol–water partition coefficient (Wildman–Crippen LogP) is 1.06. The van der Waals surface area contributed by atoms with E-state index in [9.17, 15) is 9.59 Å². The van der Waals surface area contributed by atoms with Gasteiger partial charge in [0.1, 0.15) is 5.69 Å². The van der Waals surface area contributed by atoms with Crippen LogP contribution in [0.1, 0.15) is 28.5 Å². The maximum Gasteiger partial charge on any atom is 0.335 e. The fourth-order valence-electron chi connectivity index (χ4n) is 1.91. The molecule has 2 rings (SSSR count). The van der Waals surface area contributed by atoms with Gasteiger partial charge in [0, 0.05) is 26.7 Å². The second-order valence-electron chi connectivity index (χ2n) is 4.76. The van der Waals surface area contributed by atoms with Crippen LogP contribution in [-0.4, -0.2) is 36.9 Å². The Morgan fingerprint density at radius 3 is 2.38 bits per heavy atom. The third-order valence-electron chi connectivity index (χ3n) is 3.02. The van der Waals surface area contributed by atoms with Crippen LogP contribution in [0.3, 0.4) is 0 Å². The number of aromatic nitrogens is 3. The first-order valence-electron chi connectivity index (χ1n) is 6.38. The van der Waals surface area contributed by atoms with Gasteiger partial charge < -0.3 is 10.0 Å². The number of amides is 1. The molecular weight excluding hydrogens is 272 g/mol. The zero-order chi connectivity index (χ0) is 15.4.